The molecule has 0 aromatic carbocycles. The lowest BCUT2D eigenvalue weighted by Gasteiger charge is -2.40. The van der Waals surface area contributed by atoms with Crippen LogP contribution in [0.5, 0.6) is 0 Å². The van der Waals surface area contributed by atoms with Gasteiger partial charge in [0, 0.05) is 56.9 Å². The second kappa shape index (κ2) is 7.55. The van der Waals surface area contributed by atoms with Crippen LogP contribution in [0.4, 0.5) is 0 Å². The Morgan fingerprint density at radius 3 is 2.69 bits per heavy atom. The molecule has 3 saturated heterocycles. The maximum Gasteiger partial charge on any atom is 0.250 e. The van der Waals surface area contributed by atoms with E-state index in [1.807, 2.05) is 13.0 Å². The number of aryl methyl sites for hydroxylation is 1. The molecule has 1 amide bonds. The fraction of sp³-hybridized carbons (Fsp3) is 0.714. The molecule has 4 fully saturated rings. The van der Waals surface area contributed by atoms with Crippen LogP contribution in [0.25, 0.3) is 0 Å². The van der Waals surface area contributed by atoms with Gasteiger partial charge in [0.15, 0.2) is 0 Å². The van der Waals surface area contributed by atoms with Crippen LogP contribution >= 0.6 is 0 Å². The van der Waals surface area contributed by atoms with Crippen molar-refractivity contribution >= 4 is 5.91 Å². The highest BCUT2D eigenvalue weighted by Crippen LogP contribution is 2.33. The molecule has 0 unspecified atom stereocenters. The number of nitrogens with zero attached hydrogens (tertiary/aromatic N) is 3. The van der Waals surface area contributed by atoms with Crippen LogP contribution in [0, 0.1) is 18.8 Å². The van der Waals surface area contributed by atoms with Gasteiger partial charge in [-0.1, -0.05) is 12.5 Å². The van der Waals surface area contributed by atoms with Crippen molar-refractivity contribution in [2.75, 3.05) is 26.2 Å². The number of hydrogen-bond acceptors (Lipinski definition) is 3. The summed E-state index contributed by atoms with van der Waals surface area (Å²) < 4.78 is 1.72. The van der Waals surface area contributed by atoms with E-state index in [0.29, 0.717) is 24.9 Å². The van der Waals surface area contributed by atoms with Crippen molar-refractivity contribution in [2.24, 2.45) is 11.8 Å². The van der Waals surface area contributed by atoms with Gasteiger partial charge in [-0.05, 0) is 50.5 Å². The third-order valence-electron chi connectivity index (χ3n) is 6.71. The van der Waals surface area contributed by atoms with Gasteiger partial charge in [0.05, 0.1) is 0 Å². The Labute approximate surface area is 156 Å². The van der Waals surface area contributed by atoms with Crippen molar-refractivity contribution in [1.29, 1.82) is 0 Å². The summed E-state index contributed by atoms with van der Waals surface area (Å²) in [6.07, 6.45) is 7.09. The number of amides is 1. The third kappa shape index (κ3) is 3.73. The summed E-state index contributed by atoms with van der Waals surface area (Å²) in [5, 5.41) is 0. The van der Waals surface area contributed by atoms with Crippen molar-refractivity contribution in [2.45, 2.75) is 58.0 Å². The molecule has 1 aromatic heterocycles. The molecule has 142 valence electrons. The fourth-order valence-electron chi connectivity index (χ4n) is 4.89. The number of carbonyl (C=O) groups excluding carboxylic acids is 1. The summed E-state index contributed by atoms with van der Waals surface area (Å²) in [4.78, 5) is 29.6. The Balaban J connectivity index is 1.37. The van der Waals surface area contributed by atoms with Gasteiger partial charge in [-0.25, -0.2) is 0 Å². The lowest BCUT2D eigenvalue weighted by atomic mass is 9.83. The number of carbonyl (C=O) groups is 1. The quantitative estimate of drug-likeness (QED) is 0.812. The second-order valence-corrected chi connectivity index (χ2v) is 8.55. The summed E-state index contributed by atoms with van der Waals surface area (Å²) in [6, 6.07) is 5.82. The first-order chi connectivity index (χ1) is 12.6. The smallest absolute Gasteiger partial charge is 0.250 e. The average molecular weight is 357 g/mol. The molecule has 2 bridgehead atoms. The van der Waals surface area contributed by atoms with Gasteiger partial charge in [0.2, 0.25) is 5.91 Å². The van der Waals surface area contributed by atoms with Crippen molar-refractivity contribution in [1.82, 2.24) is 14.4 Å². The standard InChI is InChI=1S/C21H31N3O2/c1-16-4-2-7-21(26)24(16)11-10-20(25)23-14-18-8-9-19(15-23)22(13-18)12-17-5-3-6-17/h2,4,7,17-19H,3,5-6,8-15H2,1H3/t18-,19-/m1/s1. The van der Waals surface area contributed by atoms with E-state index < -0.39 is 0 Å². The van der Waals surface area contributed by atoms with Gasteiger partial charge in [0.1, 0.15) is 0 Å². The minimum Gasteiger partial charge on any atom is -0.341 e. The molecule has 4 heterocycles. The molecule has 1 saturated carbocycles. The predicted octanol–water partition coefficient (Wildman–Crippen LogP) is 2.27. The number of piperidine rings is 1. The first-order valence-corrected chi connectivity index (χ1v) is 10.3. The number of pyridine rings is 1. The van der Waals surface area contributed by atoms with E-state index in [1.165, 1.54) is 45.2 Å². The molecule has 5 rings (SSSR count). The van der Waals surface area contributed by atoms with E-state index in [0.717, 1.165) is 24.7 Å². The second-order valence-electron chi connectivity index (χ2n) is 8.55. The first-order valence-electron chi connectivity index (χ1n) is 10.3. The largest absolute Gasteiger partial charge is 0.341 e. The van der Waals surface area contributed by atoms with Crippen LogP contribution in [-0.2, 0) is 11.3 Å². The number of aromatic nitrogens is 1. The highest BCUT2D eigenvalue weighted by atomic mass is 16.2. The van der Waals surface area contributed by atoms with Crippen molar-refractivity contribution < 1.29 is 4.79 Å². The van der Waals surface area contributed by atoms with Crippen LogP contribution in [0.3, 0.4) is 0 Å². The molecule has 5 heteroatoms. The highest BCUT2D eigenvalue weighted by molar-refractivity contribution is 5.76. The zero-order valence-corrected chi connectivity index (χ0v) is 15.9. The van der Waals surface area contributed by atoms with Crippen LogP contribution in [-0.4, -0.2) is 52.5 Å². The van der Waals surface area contributed by atoms with Crippen molar-refractivity contribution in [3.63, 3.8) is 0 Å². The minimum atomic E-state index is -0.0135. The molecule has 0 radical (unpaired) electrons. The predicted molar refractivity (Wildman–Crippen MR) is 102 cm³/mol. The molecule has 0 N–H and O–H groups in total. The van der Waals surface area contributed by atoms with Gasteiger partial charge in [-0.3, -0.25) is 14.5 Å². The highest BCUT2D eigenvalue weighted by Gasteiger charge is 2.37. The third-order valence-corrected chi connectivity index (χ3v) is 6.71. The molecule has 4 aliphatic rings. The monoisotopic (exact) mass is 357 g/mol. The maximum atomic E-state index is 12.9. The van der Waals surface area contributed by atoms with E-state index in [1.54, 1.807) is 16.7 Å². The van der Waals surface area contributed by atoms with Crippen molar-refractivity contribution in [3.8, 4) is 0 Å². The molecule has 2 atom stereocenters. The molecule has 1 aliphatic carbocycles. The van der Waals surface area contributed by atoms with Gasteiger partial charge < -0.3 is 9.47 Å². The Morgan fingerprint density at radius 2 is 1.96 bits per heavy atom. The lowest BCUT2D eigenvalue weighted by molar-refractivity contribution is -0.131. The van der Waals surface area contributed by atoms with E-state index in [4.69, 9.17) is 0 Å². The Bertz CT molecular complexity index is 709. The number of rotatable bonds is 5. The molecular formula is C21H31N3O2. The molecule has 3 aliphatic heterocycles. The molecule has 1 aromatic rings. The van der Waals surface area contributed by atoms with Gasteiger partial charge in [-0.15, -0.1) is 0 Å². The van der Waals surface area contributed by atoms with Crippen LogP contribution in [0.2, 0.25) is 0 Å². The van der Waals surface area contributed by atoms with Crippen LogP contribution in [0.1, 0.15) is 44.2 Å². The summed E-state index contributed by atoms with van der Waals surface area (Å²) in [5.41, 5.74) is 0.910. The Morgan fingerprint density at radius 1 is 1.12 bits per heavy atom. The molecular weight excluding hydrogens is 326 g/mol. The van der Waals surface area contributed by atoms with E-state index in [2.05, 4.69) is 9.80 Å². The zero-order valence-electron chi connectivity index (χ0n) is 15.9. The Hall–Kier alpha value is -1.62. The number of fused-ring (bicyclic) bond motifs is 4. The lowest BCUT2D eigenvalue weighted by Crippen LogP contribution is -2.47. The maximum absolute atomic E-state index is 12.9. The van der Waals surface area contributed by atoms with Crippen LogP contribution in [0.15, 0.2) is 23.0 Å². The van der Waals surface area contributed by atoms with E-state index >= 15 is 0 Å². The average Bonchev–Trinajstić information content (AvgIpc) is 2.89. The number of hydrogen-bond donors (Lipinski definition) is 0. The first kappa shape index (κ1) is 17.8. The summed E-state index contributed by atoms with van der Waals surface area (Å²) in [6.45, 7) is 6.60. The van der Waals surface area contributed by atoms with Gasteiger partial charge in [0.25, 0.3) is 5.56 Å². The topological polar surface area (TPSA) is 45.6 Å². The summed E-state index contributed by atoms with van der Waals surface area (Å²) in [7, 11) is 0. The SMILES string of the molecule is Cc1cccc(=O)n1CCC(=O)N1C[C@@H]2CC[C@H](C1)N(CC1CCC1)C2. The normalized spacial score (nSPS) is 26.6. The molecule has 5 nitrogen and oxygen atoms in total. The van der Waals surface area contributed by atoms with Crippen molar-refractivity contribution in [3.05, 3.63) is 34.2 Å². The zero-order chi connectivity index (χ0) is 18.1. The Kier molecular flexibility index (Phi) is 5.16. The molecule has 26 heavy (non-hydrogen) atoms. The van der Waals surface area contributed by atoms with E-state index in [9.17, 15) is 9.59 Å². The van der Waals surface area contributed by atoms with Gasteiger partial charge in [-0.2, -0.15) is 0 Å². The fourth-order valence-corrected chi connectivity index (χ4v) is 4.89. The van der Waals surface area contributed by atoms with Gasteiger partial charge >= 0.3 is 0 Å². The van der Waals surface area contributed by atoms with Crippen LogP contribution < -0.4 is 5.56 Å². The summed E-state index contributed by atoms with van der Waals surface area (Å²) in [5.74, 6) is 1.73. The summed E-state index contributed by atoms with van der Waals surface area (Å²) >= 11 is 0. The van der Waals surface area contributed by atoms with E-state index in [-0.39, 0.29) is 11.5 Å². The molecule has 0 spiro atoms. The minimum absolute atomic E-state index is 0.0135.